The quantitative estimate of drug-likeness (QED) is 0.809. The van der Waals surface area contributed by atoms with Crippen molar-refractivity contribution in [1.29, 1.82) is 0 Å². The molecule has 2 aliphatic heterocycles. The van der Waals surface area contributed by atoms with Gasteiger partial charge in [0.15, 0.2) is 5.76 Å². The predicted molar refractivity (Wildman–Crippen MR) is 88.3 cm³/mol. The highest BCUT2D eigenvalue weighted by Gasteiger charge is 2.31. The number of allylic oxidation sites excluding steroid dienone is 1. The SMILES string of the molecule is O=C1/C(=C/c2cccnc2)Oc2c1ccc([O-])c2C[NH+]1CCOCC1. The molecular formula is C19H18N2O4. The molecule has 0 aliphatic carbocycles. The van der Waals surface area contributed by atoms with Crippen molar-refractivity contribution in [2.75, 3.05) is 26.3 Å². The average molecular weight is 338 g/mol. The summed E-state index contributed by atoms with van der Waals surface area (Å²) in [7, 11) is 0. The molecule has 6 nitrogen and oxygen atoms in total. The van der Waals surface area contributed by atoms with Gasteiger partial charge in [0.05, 0.1) is 18.8 Å². The Labute approximate surface area is 145 Å². The Balaban J connectivity index is 1.66. The van der Waals surface area contributed by atoms with Crippen molar-refractivity contribution in [3.8, 4) is 11.5 Å². The van der Waals surface area contributed by atoms with Gasteiger partial charge >= 0.3 is 0 Å². The summed E-state index contributed by atoms with van der Waals surface area (Å²) in [6.07, 6.45) is 4.98. The average Bonchev–Trinajstić information content (AvgIpc) is 2.95. The molecule has 1 N–H and O–H groups in total. The van der Waals surface area contributed by atoms with Crippen LogP contribution < -0.4 is 14.7 Å². The summed E-state index contributed by atoms with van der Waals surface area (Å²) in [4.78, 5) is 17.9. The summed E-state index contributed by atoms with van der Waals surface area (Å²) >= 11 is 0. The van der Waals surface area contributed by atoms with Crippen LogP contribution in [0.3, 0.4) is 0 Å². The molecule has 4 rings (SSSR count). The Bertz CT molecular complexity index is 827. The number of nitrogens with one attached hydrogen (secondary N) is 1. The van der Waals surface area contributed by atoms with Crippen LogP contribution in [-0.4, -0.2) is 37.1 Å². The zero-order valence-electron chi connectivity index (χ0n) is 13.7. The molecule has 128 valence electrons. The van der Waals surface area contributed by atoms with Gasteiger partial charge in [0.1, 0.15) is 25.4 Å². The molecule has 2 aromatic rings. The van der Waals surface area contributed by atoms with Crippen LogP contribution >= 0.6 is 0 Å². The first-order valence-electron chi connectivity index (χ1n) is 8.31. The summed E-state index contributed by atoms with van der Waals surface area (Å²) in [6, 6.07) is 6.66. The van der Waals surface area contributed by atoms with E-state index in [0.29, 0.717) is 36.6 Å². The lowest BCUT2D eigenvalue weighted by molar-refractivity contribution is -0.921. The van der Waals surface area contributed by atoms with E-state index < -0.39 is 0 Å². The van der Waals surface area contributed by atoms with Gasteiger partial charge in [-0.25, -0.2) is 0 Å². The number of hydrogen-bond acceptors (Lipinski definition) is 5. The summed E-state index contributed by atoms with van der Waals surface area (Å²) < 4.78 is 11.2. The second-order valence-corrected chi connectivity index (χ2v) is 6.18. The third kappa shape index (κ3) is 3.14. The van der Waals surface area contributed by atoms with Gasteiger partial charge in [-0.05, 0) is 23.8 Å². The molecule has 3 heterocycles. The maximum Gasteiger partial charge on any atom is 0.231 e. The molecule has 0 radical (unpaired) electrons. The van der Waals surface area contributed by atoms with Gasteiger partial charge in [0, 0.05) is 18.0 Å². The molecule has 25 heavy (non-hydrogen) atoms. The van der Waals surface area contributed by atoms with Crippen molar-refractivity contribution in [1.82, 2.24) is 4.98 Å². The topological polar surface area (TPSA) is 75.9 Å². The zero-order chi connectivity index (χ0) is 17.2. The first kappa shape index (κ1) is 15.8. The van der Waals surface area contributed by atoms with Gasteiger partial charge in [0.2, 0.25) is 5.78 Å². The standard InChI is InChI=1S/C19H18N2O4/c22-16-4-3-14-18(23)17(10-13-2-1-5-20-11-13)25-19(14)15(16)12-21-6-8-24-9-7-21/h1-5,10-11,22H,6-9,12H2/b17-10-. The van der Waals surface area contributed by atoms with Crippen LogP contribution in [0.4, 0.5) is 0 Å². The minimum Gasteiger partial charge on any atom is -0.872 e. The van der Waals surface area contributed by atoms with Crippen molar-refractivity contribution >= 4 is 11.9 Å². The highest BCUT2D eigenvalue weighted by atomic mass is 16.5. The summed E-state index contributed by atoms with van der Waals surface area (Å²) in [5.74, 6) is 0.351. The Morgan fingerprint density at radius 2 is 2.08 bits per heavy atom. The smallest absolute Gasteiger partial charge is 0.231 e. The second-order valence-electron chi connectivity index (χ2n) is 6.18. The number of fused-ring (bicyclic) bond motifs is 1. The maximum absolute atomic E-state index is 12.6. The monoisotopic (exact) mass is 338 g/mol. The number of aromatic nitrogens is 1. The van der Waals surface area contributed by atoms with Crippen molar-refractivity contribution in [3.05, 3.63) is 59.1 Å². The minimum atomic E-state index is -0.197. The first-order chi connectivity index (χ1) is 12.2. The van der Waals surface area contributed by atoms with Crippen molar-refractivity contribution in [2.45, 2.75) is 6.54 Å². The van der Waals surface area contributed by atoms with Crippen LogP contribution in [0.25, 0.3) is 6.08 Å². The molecular weight excluding hydrogens is 320 g/mol. The number of benzene rings is 1. The fraction of sp³-hybridized carbons (Fsp3) is 0.263. The summed E-state index contributed by atoms with van der Waals surface area (Å²) in [5, 5.41) is 12.4. The molecule has 1 aromatic heterocycles. The zero-order valence-corrected chi connectivity index (χ0v) is 13.7. The summed E-state index contributed by atoms with van der Waals surface area (Å²) in [6.45, 7) is 3.60. The number of morpholine rings is 1. The first-order valence-corrected chi connectivity index (χ1v) is 8.31. The van der Waals surface area contributed by atoms with Crippen LogP contribution in [-0.2, 0) is 11.3 Å². The van der Waals surface area contributed by atoms with E-state index in [1.807, 2.05) is 6.07 Å². The molecule has 0 spiro atoms. The van der Waals surface area contributed by atoms with Gasteiger partial charge in [-0.1, -0.05) is 17.9 Å². The number of Topliss-reactive ketones (excluding diaryl/α,β-unsaturated/α-hetero) is 1. The third-order valence-corrected chi connectivity index (χ3v) is 4.51. The minimum absolute atomic E-state index is 0.0897. The number of nitrogens with zero attached hydrogens (tertiary/aromatic N) is 1. The van der Waals surface area contributed by atoms with E-state index in [1.165, 1.54) is 11.0 Å². The predicted octanol–water partition coefficient (Wildman–Crippen LogP) is 0.186. The number of hydrogen-bond donors (Lipinski definition) is 1. The number of rotatable bonds is 3. The van der Waals surface area contributed by atoms with Crippen LogP contribution in [0, 0.1) is 0 Å². The molecule has 0 atom stereocenters. The molecule has 0 bridgehead atoms. The van der Waals surface area contributed by atoms with E-state index in [2.05, 4.69) is 4.98 Å². The maximum atomic E-state index is 12.6. The molecule has 1 aromatic carbocycles. The Hall–Kier alpha value is -2.70. The highest BCUT2D eigenvalue weighted by Crippen LogP contribution is 2.38. The normalized spacial score (nSPS) is 19.0. The largest absolute Gasteiger partial charge is 0.872 e. The van der Waals surface area contributed by atoms with Gasteiger partial charge in [-0.3, -0.25) is 9.78 Å². The molecule has 1 fully saturated rings. The Kier molecular flexibility index (Phi) is 4.21. The van der Waals surface area contributed by atoms with Crippen molar-refractivity contribution < 1.29 is 24.3 Å². The van der Waals surface area contributed by atoms with Gasteiger partial charge in [-0.2, -0.15) is 0 Å². The number of quaternary nitrogens is 1. The number of ether oxygens (including phenoxy) is 2. The van der Waals surface area contributed by atoms with Crippen LogP contribution in [0.2, 0.25) is 0 Å². The van der Waals surface area contributed by atoms with Crippen LogP contribution in [0.15, 0.2) is 42.4 Å². The fourth-order valence-corrected chi connectivity index (χ4v) is 3.16. The van der Waals surface area contributed by atoms with E-state index in [9.17, 15) is 9.90 Å². The Morgan fingerprint density at radius 3 is 2.84 bits per heavy atom. The molecule has 0 unspecified atom stereocenters. The number of pyridine rings is 1. The Morgan fingerprint density at radius 1 is 1.24 bits per heavy atom. The van der Waals surface area contributed by atoms with Gasteiger partial charge in [-0.15, -0.1) is 0 Å². The third-order valence-electron chi connectivity index (χ3n) is 4.51. The van der Waals surface area contributed by atoms with Crippen molar-refractivity contribution in [3.63, 3.8) is 0 Å². The van der Waals surface area contributed by atoms with E-state index in [0.717, 1.165) is 18.7 Å². The highest BCUT2D eigenvalue weighted by molar-refractivity contribution is 6.14. The van der Waals surface area contributed by atoms with Crippen molar-refractivity contribution in [2.24, 2.45) is 0 Å². The lowest BCUT2D eigenvalue weighted by atomic mass is 10.0. The molecule has 2 aliphatic rings. The molecule has 1 saturated heterocycles. The number of carbonyl (C=O) groups excluding carboxylic acids is 1. The van der Waals surface area contributed by atoms with Gasteiger partial charge < -0.3 is 19.5 Å². The van der Waals surface area contributed by atoms with E-state index in [-0.39, 0.29) is 17.3 Å². The fourth-order valence-electron chi connectivity index (χ4n) is 3.16. The van der Waals surface area contributed by atoms with Gasteiger partial charge in [0.25, 0.3) is 0 Å². The van der Waals surface area contributed by atoms with Crippen LogP contribution in [0.5, 0.6) is 11.5 Å². The van der Waals surface area contributed by atoms with E-state index in [1.54, 1.807) is 30.6 Å². The molecule has 0 amide bonds. The van der Waals surface area contributed by atoms with E-state index >= 15 is 0 Å². The number of carbonyl (C=O) groups is 1. The molecule has 6 heteroatoms. The summed E-state index contributed by atoms with van der Waals surface area (Å²) in [5.41, 5.74) is 1.80. The number of ketones is 1. The van der Waals surface area contributed by atoms with E-state index in [4.69, 9.17) is 9.47 Å². The molecule has 0 saturated carbocycles. The second kappa shape index (κ2) is 6.66. The lowest BCUT2D eigenvalue weighted by Crippen LogP contribution is -3.12. The lowest BCUT2D eigenvalue weighted by Gasteiger charge is -2.26. The van der Waals surface area contributed by atoms with Crippen LogP contribution in [0.1, 0.15) is 21.5 Å².